The van der Waals surface area contributed by atoms with Crippen LogP contribution in [0.4, 0.5) is 0 Å². The van der Waals surface area contributed by atoms with Crippen molar-refractivity contribution in [2.24, 2.45) is 11.3 Å². The van der Waals surface area contributed by atoms with E-state index in [-0.39, 0.29) is 11.9 Å². The number of rotatable bonds is 13. The second-order valence-electron chi connectivity index (χ2n) is 8.38. The molecule has 3 nitrogen and oxygen atoms in total. The smallest absolute Gasteiger partial charge is 0.331 e. The molecular weight excluding hydrogens is 312 g/mol. The van der Waals surface area contributed by atoms with Gasteiger partial charge in [-0.15, -0.1) is 0 Å². The van der Waals surface area contributed by atoms with E-state index in [1.807, 2.05) is 0 Å². The molecule has 0 unspecified atom stereocenters. The van der Waals surface area contributed by atoms with E-state index in [2.05, 4.69) is 11.7 Å². The van der Waals surface area contributed by atoms with Gasteiger partial charge in [0.25, 0.3) is 0 Å². The summed E-state index contributed by atoms with van der Waals surface area (Å²) in [5, 5.41) is 0. The predicted molar refractivity (Wildman–Crippen MR) is 101 cm³/mol. The van der Waals surface area contributed by atoms with Crippen molar-refractivity contribution >= 4 is 11.9 Å². The lowest BCUT2D eigenvalue weighted by molar-refractivity contribution is -0.200. The van der Waals surface area contributed by atoms with Crippen LogP contribution in [0.1, 0.15) is 116 Å². The summed E-state index contributed by atoms with van der Waals surface area (Å²) >= 11 is 0. The van der Waals surface area contributed by atoms with E-state index < -0.39 is 5.41 Å². The van der Waals surface area contributed by atoms with Gasteiger partial charge in [-0.3, -0.25) is 9.59 Å². The van der Waals surface area contributed by atoms with Crippen LogP contribution >= 0.6 is 0 Å². The van der Waals surface area contributed by atoms with Crippen molar-refractivity contribution in [3.8, 4) is 0 Å². The van der Waals surface area contributed by atoms with E-state index in [1.165, 1.54) is 83.5 Å². The van der Waals surface area contributed by atoms with E-state index in [0.29, 0.717) is 0 Å². The van der Waals surface area contributed by atoms with Crippen molar-refractivity contribution in [1.29, 1.82) is 0 Å². The molecule has 0 aromatic carbocycles. The monoisotopic (exact) mass is 350 g/mol. The summed E-state index contributed by atoms with van der Waals surface area (Å²) in [7, 11) is 0. The van der Waals surface area contributed by atoms with E-state index in [0.717, 1.165) is 31.6 Å². The third kappa shape index (κ3) is 6.11. The van der Waals surface area contributed by atoms with Crippen LogP contribution in [0.25, 0.3) is 0 Å². The lowest BCUT2D eigenvalue weighted by Crippen LogP contribution is -2.54. The van der Waals surface area contributed by atoms with Gasteiger partial charge in [-0.05, 0) is 31.6 Å². The van der Waals surface area contributed by atoms with Gasteiger partial charge in [-0.2, -0.15) is 0 Å². The Hall–Kier alpha value is -0.860. The maximum atomic E-state index is 11.6. The lowest BCUT2D eigenvalue weighted by Gasteiger charge is -2.41. The van der Waals surface area contributed by atoms with Crippen LogP contribution in [0, 0.1) is 11.3 Å². The third-order valence-corrected chi connectivity index (χ3v) is 6.39. The van der Waals surface area contributed by atoms with Crippen LogP contribution in [0.3, 0.4) is 0 Å². The second-order valence-corrected chi connectivity index (χ2v) is 8.38. The lowest BCUT2D eigenvalue weighted by atomic mass is 9.67. The summed E-state index contributed by atoms with van der Waals surface area (Å²) in [6.45, 7) is 2.27. The van der Waals surface area contributed by atoms with Crippen LogP contribution in [0.5, 0.6) is 0 Å². The number of hydrogen-bond donors (Lipinski definition) is 0. The molecule has 0 radical (unpaired) electrons. The molecule has 1 spiro atoms. The molecule has 0 bridgehead atoms. The highest BCUT2D eigenvalue weighted by molar-refractivity contribution is 6.13. The van der Waals surface area contributed by atoms with Crippen LogP contribution in [-0.2, 0) is 14.3 Å². The molecule has 1 saturated heterocycles. The number of ether oxygens (including phenoxy) is 1. The average molecular weight is 351 g/mol. The van der Waals surface area contributed by atoms with E-state index in [4.69, 9.17) is 0 Å². The summed E-state index contributed by atoms with van der Waals surface area (Å²) in [5.41, 5.74) is -0.715. The first-order valence-electron chi connectivity index (χ1n) is 11.0. The Morgan fingerprint density at radius 2 is 1.20 bits per heavy atom. The van der Waals surface area contributed by atoms with Gasteiger partial charge in [0.2, 0.25) is 0 Å². The molecular formula is C22H38O3. The molecule has 1 saturated carbocycles. The van der Waals surface area contributed by atoms with E-state index >= 15 is 0 Å². The van der Waals surface area contributed by atoms with Crippen LogP contribution in [0.15, 0.2) is 0 Å². The molecule has 0 atom stereocenters. The molecule has 0 aromatic heterocycles. The fourth-order valence-electron chi connectivity index (χ4n) is 4.46. The maximum Gasteiger partial charge on any atom is 0.331 e. The van der Waals surface area contributed by atoms with Crippen molar-refractivity contribution < 1.29 is 14.3 Å². The molecule has 2 fully saturated rings. The Labute approximate surface area is 154 Å². The molecule has 0 amide bonds. The maximum absolute atomic E-state index is 11.6. The summed E-state index contributed by atoms with van der Waals surface area (Å²) in [6, 6.07) is 0. The van der Waals surface area contributed by atoms with Crippen molar-refractivity contribution in [1.82, 2.24) is 0 Å². The summed E-state index contributed by atoms with van der Waals surface area (Å²) < 4.78 is 4.57. The highest BCUT2D eigenvalue weighted by atomic mass is 16.6. The first-order valence-corrected chi connectivity index (χ1v) is 11.0. The Bertz CT molecular complexity index is 391. The number of esters is 2. The molecule has 2 rings (SSSR count). The van der Waals surface area contributed by atoms with E-state index in [1.54, 1.807) is 0 Å². The van der Waals surface area contributed by atoms with Gasteiger partial charge in [0.05, 0.1) is 0 Å². The third-order valence-electron chi connectivity index (χ3n) is 6.39. The first-order chi connectivity index (χ1) is 12.2. The summed E-state index contributed by atoms with van der Waals surface area (Å²) in [6.07, 6.45) is 21.5. The zero-order chi connectivity index (χ0) is 18.0. The quantitative estimate of drug-likeness (QED) is 0.221. The van der Waals surface area contributed by atoms with Gasteiger partial charge >= 0.3 is 11.9 Å². The van der Waals surface area contributed by atoms with Gasteiger partial charge in [0.1, 0.15) is 0 Å². The number of cyclic esters (lactones) is 2. The minimum Gasteiger partial charge on any atom is -0.391 e. The molecule has 3 heteroatoms. The van der Waals surface area contributed by atoms with Gasteiger partial charge < -0.3 is 4.74 Å². The molecule has 1 heterocycles. The normalized spacial score (nSPS) is 19.9. The zero-order valence-corrected chi connectivity index (χ0v) is 16.3. The average Bonchev–Trinajstić information content (AvgIpc) is 2.63. The Morgan fingerprint density at radius 3 is 1.64 bits per heavy atom. The van der Waals surface area contributed by atoms with Gasteiger partial charge in [-0.1, -0.05) is 90.4 Å². The number of unbranched alkanes of at least 4 members (excludes halogenated alkanes) is 11. The first kappa shape index (κ1) is 20.5. The topological polar surface area (TPSA) is 43.4 Å². The minimum atomic E-state index is -0.715. The van der Waals surface area contributed by atoms with Crippen LogP contribution in [0.2, 0.25) is 0 Å². The van der Waals surface area contributed by atoms with Crippen molar-refractivity contribution in [2.45, 2.75) is 116 Å². The number of carbonyl (C=O) groups is 2. The standard InChI is InChI=1S/C22H38O3/c1-2-3-4-5-6-7-8-9-10-11-12-13-14-19-15-17-22(18-16-19)20(23)25-21(22)24/h19H,2-18H2,1H3. The minimum absolute atomic E-state index is 0.263. The zero-order valence-electron chi connectivity index (χ0n) is 16.3. The van der Waals surface area contributed by atoms with Crippen LogP contribution in [-0.4, -0.2) is 11.9 Å². The Kier molecular flexibility index (Phi) is 8.98. The second kappa shape index (κ2) is 11.0. The van der Waals surface area contributed by atoms with Crippen LogP contribution < -0.4 is 0 Å². The molecule has 2 aliphatic rings. The van der Waals surface area contributed by atoms with Crippen molar-refractivity contribution in [2.75, 3.05) is 0 Å². The fraction of sp³-hybridized carbons (Fsp3) is 0.909. The van der Waals surface area contributed by atoms with Crippen molar-refractivity contribution in [3.05, 3.63) is 0 Å². The highest BCUT2D eigenvalue weighted by Gasteiger charge is 2.59. The fourth-order valence-corrected chi connectivity index (χ4v) is 4.46. The predicted octanol–water partition coefficient (Wildman–Crippen LogP) is 6.34. The Balaban J connectivity index is 1.37. The molecule has 25 heavy (non-hydrogen) atoms. The largest absolute Gasteiger partial charge is 0.391 e. The number of carbonyl (C=O) groups excluding carboxylic acids is 2. The molecule has 1 aliphatic carbocycles. The number of hydrogen-bond acceptors (Lipinski definition) is 3. The van der Waals surface area contributed by atoms with E-state index in [9.17, 15) is 9.59 Å². The summed E-state index contributed by atoms with van der Waals surface area (Å²) in [4.78, 5) is 23.1. The van der Waals surface area contributed by atoms with Gasteiger partial charge in [-0.25, -0.2) is 0 Å². The van der Waals surface area contributed by atoms with Gasteiger partial charge in [0.15, 0.2) is 5.41 Å². The molecule has 1 aliphatic heterocycles. The Morgan fingerprint density at radius 1 is 0.760 bits per heavy atom. The van der Waals surface area contributed by atoms with Crippen molar-refractivity contribution in [3.63, 3.8) is 0 Å². The molecule has 144 valence electrons. The van der Waals surface area contributed by atoms with Gasteiger partial charge in [0, 0.05) is 0 Å². The summed E-state index contributed by atoms with van der Waals surface area (Å²) in [5.74, 6) is 0.192. The highest BCUT2D eigenvalue weighted by Crippen LogP contribution is 2.47. The SMILES string of the molecule is CCCCCCCCCCCCCCC1CCC2(CC1)C(=O)OC2=O. The molecule has 0 aromatic rings. The molecule has 0 N–H and O–H groups in total.